The van der Waals surface area contributed by atoms with E-state index in [0.717, 1.165) is 44.1 Å². The van der Waals surface area contributed by atoms with Crippen LogP contribution in [-0.4, -0.2) is 43.2 Å². The summed E-state index contributed by atoms with van der Waals surface area (Å²) in [5.74, 6) is 0.708. The second kappa shape index (κ2) is 9.57. The topological polar surface area (TPSA) is 74.8 Å². The summed E-state index contributed by atoms with van der Waals surface area (Å²) in [6.07, 6.45) is 2.49. The highest BCUT2D eigenvalue weighted by atomic mass is 16.5. The zero-order valence-electron chi connectivity index (χ0n) is 16.4. The molecule has 1 saturated heterocycles. The molecule has 0 saturated carbocycles. The van der Waals surface area contributed by atoms with E-state index in [1.54, 1.807) is 0 Å². The summed E-state index contributed by atoms with van der Waals surface area (Å²) in [4.78, 5) is 16.9. The molecule has 0 radical (unpaired) electrons. The van der Waals surface area contributed by atoms with Gasteiger partial charge in [0.25, 0.3) is 5.91 Å². The van der Waals surface area contributed by atoms with Gasteiger partial charge in [-0.1, -0.05) is 12.1 Å². The molecule has 6 nitrogen and oxygen atoms in total. The summed E-state index contributed by atoms with van der Waals surface area (Å²) in [6.45, 7) is 10.9. The largest absolute Gasteiger partial charge is 0.376 e. The smallest absolute Gasteiger partial charge is 0.251 e. The summed E-state index contributed by atoms with van der Waals surface area (Å²) in [5, 5.41) is 9.57. The van der Waals surface area contributed by atoms with E-state index in [9.17, 15) is 4.79 Å². The third-order valence-electron chi connectivity index (χ3n) is 3.96. The van der Waals surface area contributed by atoms with Crippen molar-refractivity contribution in [3.8, 4) is 0 Å². The van der Waals surface area contributed by atoms with Gasteiger partial charge < -0.3 is 20.7 Å². The minimum atomic E-state index is -0.254. The second-order valence-corrected chi connectivity index (χ2v) is 7.62. The third-order valence-corrected chi connectivity index (χ3v) is 3.96. The Balaban J connectivity index is 1.97. The van der Waals surface area contributed by atoms with Gasteiger partial charge in [0.2, 0.25) is 0 Å². The van der Waals surface area contributed by atoms with Crippen LogP contribution in [-0.2, 0) is 11.3 Å². The molecule has 26 heavy (non-hydrogen) atoms. The van der Waals surface area contributed by atoms with E-state index < -0.39 is 0 Å². The van der Waals surface area contributed by atoms with E-state index in [-0.39, 0.29) is 17.6 Å². The fraction of sp³-hybridized carbons (Fsp3) is 0.600. The van der Waals surface area contributed by atoms with Gasteiger partial charge >= 0.3 is 0 Å². The Labute approximate surface area is 156 Å². The molecule has 1 aliphatic heterocycles. The first kappa shape index (κ1) is 20.2. The molecule has 1 amide bonds. The molecule has 0 aliphatic carbocycles. The highest BCUT2D eigenvalue weighted by Gasteiger charge is 2.16. The number of rotatable bonds is 6. The van der Waals surface area contributed by atoms with Gasteiger partial charge in [0, 0.05) is 30.8 Å². The first-order valence-corrected chi connectivity index (χ1v) is 9.42. The van der Waals surface area contributed by atoms with Crippen molar-refractivity contribution < 1.29 is 9.53 Å². The number of hydrogen-bond acceptors (Lipinski definition) is 3. The van der Waals surface area contributed by atoms with E-state index in [1.807, 2.05) is 52.0 Å². The number of nitrogens with one attached hydrogen (secondary N) is 3. The fourth-order valence-corrected chi connectivity index (χ4v) is 2.75. The Bertz CT molecular complexity index is 616. The zero-order chi connectivity index (χ0) is 19.0. The quantitative estimate of drug-likeness (QED) is 0.538. The zero-order valence-corrected chi connectivity index (χ0v) is 16.4. The highest BCUT2D eigenvalue weighted by molar-refractivity contribution is 5.94. The lowest BCUT2D eigenvalue weighted by Gasteiger charge is -2.20. The summed E-state index contributed by atoms with van der Waals surface area (Å²) >= 11 is 0. The Hall–Kier alpha value is -2.08. The number of nitrogens with zero attached hydrogens (tertiary/aromatic N) is 1. The van der Waals surface area contributed by atoms with Crippen molar-refractivity contribution in [3.63, 3.8) is 0 Å². The summed E-state index contributed by atoms with van der Waals surface area (Å²) in [6, 6.07) is 7.61. The Kier molecular flexibility index (Phi) is 7.45. The van der Waals surface area contributed by atoms with Crippen molar-refractivity contribution in [1.29, 1.82) is 0 Å². The van der Waals surface area contributed by atoms with Crippen LogP contribution in [0.3, 0.4) is 0 Å². The van der Waals surface area contributed by atoms with Crippen LogP contribution in [0, 0.1) is 0 Å². The number of guanidine groups is 1. The van der Waals surface area contributed by atoms with Crippen molar-refractivity contribution in [2.24, 2.45) is 4.99 Å². The van der Waals surface area contributed by atoms with E-state index in [1.165, 1.54) is 0 Å². The number of carbonyl (C=O) groups is 1. The van der Waals surface area contributed by atoms with Gasteiger partial charge in [0.1, 0.15) is 0 Å². The molecule has 6 heteroatoms. The summed E-state index contributed by atoms with van der Waals surface area (Å²) in [5.41, 5.74) is 1.40. The van der Waals surface area contributed by atoms with E-state index in [2.05, 4.69) is 20.9 Å². The molecule has 1 heterocycles. The Morgan fingerprint density at radius 1 is 1.31 bits per heavy atom. The standard InChI is InChI=1S/C20H32N4O2/c1-5-21-19(23-14-17-10-7-11-26-17)22-13-15-8-6-9-16(12-15)18(25)24-20(2,3)4/h6,8-9,12,17H,5,7,10-11,13-14H2,1-4H3,(H,24,25)(H2,21,22,23). The molecule has 144 valence electrons. The Morgan fingerprint density at radius 3 is 2.77 bits per heavy atom. The monoisotopic (exact) mass is 360 g/mol. The summed E-state index contributed by atoms with van der Waals surface area (Å²) < 4.78 is 5.64. The molecule has 1 unspecified atom stereocenters. The fourth-order valence-electron chi connectivity index (χ4n) is 2.75. The van der Waals surface area contributed by atoms with Crippen LogP contribution >= 0.6 is 0 Å². The van der Waals surface area contributed by atoms with Crippen LogP contribution in [0.1, 0.15) is 56.5 Å². The van der Waals surface area contributed by atoms with E-state index in [4.69, 9.17) is 4.74 Å². The lowest BCUT2D eigenvalue weighted by atomic mass is 10.1. The number of amides is 1. The van der Waals surface area contributed by atoms with Crippen molar-refractivity contribution in [3.05, 3.63) is 35.4 Å². The van der Waals surface area contributed by atoms with Gasteiger partial charge in [-0.05, 0) is 58.2 Å². The molecule has 1 aromatic carbocycles. The number of aliphatic imine (C=N–C) groups is 1. The molecule has 2 rings (SSSR count). The number of carbonyl (C=O) groups excluding carboxylic acids is 1. The lowest BCUT2D eigenvalue weighted by molar-refractivity contribution is 0.0919. The lowest BCUT2D eigenvalue weighted by Crippen LogP contribution is -2.41. The molecular formula is C20H32N4O2. The molecule has 0 bridgehead atoms. The number of hydrogen-bond donors (Lipinski definition) is 3. The molecule has 3 N–H and O–H groups in total. The normalized spacial score (nSPS) is 17.8. The predicted octanol–water partition coefficient (Wildman–Crippen LogP) is 2.45. The summed E-state index contributed by atoms with van der Waals surface area (Å²) in [7, 11) is 0. The van der Waals surface area contributed by atoms with Gasteiger partial charge in [-0.25, -0.2) is 4.99 Å². The van der Waals surface area contributed by atoms with Crippen molar-refractivity contribution in [2.75, 3.05) is 19.7 Å². The van der Waals surface area contributed by atoms with Crippen LogP contribution in [0.25, 0.3) is 0 Å². The maximum absolute atomic E-state index is 12.3. The predicted molar refractivity (Wildman–Crippen MR) is 105 cm³/mol. The van der Waals surface area contributed by atoms with Gasteiger partial charge in [-0.3, -0.25) is 4.79 Å². The Morgan fingerprint density at radius 2 is 2.12 bits per heavy atom. The molecule has 0 aromatic heterocycles. The van der Waals surface area contributed by atoms with Crippen LogP contribution in [0.5, 0.6) is 0 Å². The van der Waals surface area contributed by atoms with Crippen LogP contribution in [0.15, 0.2) is 29.3 Å². The highest BCUT2D eigenvalue weighted by Crippen LogP contribution is 2.11. The molecule has 1 atom stereocenters. The maximum Gasteiger partial charge on any atom is 0.251 e. The maximum atomic E-state index is 12.3. The minimum Gasteiger partial charge on any atom is -0.376 e. The number of benzene rings is 1. The van der Waals surface area contributed by atoms with Crippen molar-refractivity contribution in [2.45, 2.75) is 58.7 Å². The van der Waals surface area contributed by atoms with Crippen LogP contribution < -0.4 is 16.0 Å². The van der Waals surface area contributed by atoms with Crippen LogP contribution in [0.4, 0.5) is 0 Å². The van der Waals surface area contributed by atoms with E-state index in [0.29, 0.717) is 12.1 Å². The van der Waals surface area contributed by atoms with Crippen LogP contribution in [0.2, 0.25) is 0 Å². The van der Waals surface area contributed by atoms with Crippen molar-refractivity contribution >= 4 is 11.9 Å². The van der Waals surface area contributed by atoms with Gasteiger partial charge in [0.15, 0.2) is 5.96 Å². The van der Waals surface area contributed by atoms with Gasteiger partial charge in [-0.2, -0.15) is 0 Å². The first-order chi connectivity index (χ1) is 12.4. The van der Waals surface area contributed by atoms with Gasteiger partial charge in [-0.15, -0.1) is 0 Å². The van der Waals surface area contributed by atoms with Gasteiger partial charge in [0.05, 0.1) is 12.6 Å². The van der Waals surface area contributed by atoms with Crippen molar-refractivity contribution in [1.82, 2.24) is 16.0 Å². The SMILES string of the molecule is CCNC(=NCc1cccc(C(=O)NC(C)(C)C)c1)NCC1CCCO1. The second-order valence-electron chi connectivity index (χ2n) is 7.62. The molecule has 1 fully saturated rings. The molecule has 1 aliphatic rings. The average molecular weight is 361 g/mol. The minimum absolute atomic E-state index is 0.0632. The van der Waals surface area contributed by atoms with E-state index >= 15 is 0 Å². The first-order valence-electron chi connectivity index (χ1n) is 9.42. The molecule has 0 spiro atoms. The average Bonchev–Trinajstić information content (AvgIpc) is 3.09. The number of ether oxygens (including phenoxy) is 1. The molecular weight excluding hydrogens is 328 g/mol. The molecule has 1 aromatic rings. The third kappa shape index (κ3) is 7.04.